The molecule has 0 amide bonds. The Hall–Kier alpha value is -0.130. The van der Waals surface area contributed by atoms with E-state index in [-0.39, 0.29) is 0 Å². The third-order valence-corrected chi connectivity index (χ3v) is 6.83. The number of rotatable bonds is 3. The Bertz CT molecular complexity index is 401. The lowest BCUT2D eigenvalue weighted by atomic mass is 9.97. The first-order valence-electron chi connectivity index (χ1n) is 7.28. The quantitative estimate of drug-likeness (QED) is 0.929. The molecule has 2 aliphatic heterocycles. The fraction of sp³-hybridized carbons (Fsp3) is 0.786. The summed E-state index contributed by atoms with van der Waals surface area (Å²) in [7, 11) is 0. The highest BCUT2D eigenvalue weighted by Gasteiger charge is 2.23. The maximum Gasteiger partial charge on any atom is 0.0949 e. The van der Waals surface area contributed by atoms with E-state index < -0.39 is 0 Å². The molecule has 0 aromatic carbocycles. The predicted octanol–water partition coefficient (Wildman–Crippen LogP) is 2.93. The fourth-order valence-corrected chi connectivity index (χ4v) is 5.67. The lowest BCUT2D eigenvalue weighted by Crippen LogP contribution is -2.36. The molecule has 0 saturated carbocycles. The number of imidazole rings is 1. The molecule has 5 heteroatoms. The molecule has 1 aromatic heterocycles. The van der Waals surface area contributed by atoms with Gasteiger partial charge in [0.2, 0.25) is 0 Å². The van der Waals surface area contributed by atoms with Crippen molar-refractivity contribution in [2.24, 2.45) is 0 Å². The van der Waals surface area contributed by atoms with Gasteiger partial charge in [-0.05, 0) is 26.2 Å². The van der Waals surface area contributed by atoms with E-state index in [1.807, 2.05) is 6.33 Å². The summed E-state index contributed by atoms with van der Waals surface area (Å²) in [6.07, 6.45) is 7.98. The van der Waals surface area contributed by atoms with Gasteiger partial charge in [0.1, 0.15) is 0 Å². The van der Waals surface area contributed by atoms with Crippen molar-refractivity contribution in [2.75, 3.05) is 17.3 Å². The van der Waals surface area contributed by atoms with Crippen molar-refractivity contribution in [2.45, 2.75) is 50.1 Å². The van der Waals surface area contributed by atoms with Crippen LogP contribution in [0.2, 0.25) is 0 Å². The molecule has 2 saturated heterocycles. The average molecular weight is 297 g/mol. The number of piperidine rings is 1. The van der Waals surface area contributed by atoms with Gasteiger partial charge in [-0.25, -0.2) is 4.98 Å². The van der Waals surface area contributed by atoms with Crippen LogP contribution < -0.4 is 5.32 Å². The fourth-order valence-electron chi connectivity index (χ4n) is 3.01. The molecule has 3 rings (SSSR count). The first kappa shape index (κ1) is 13.8. The zero-order chi connectivity index (χ0) is 13.1. The Kier molecular flexibility index (Phi) is 4.77. The highest BCUT2D eigenvalue weighted by molar-refractivity contribution is 8.06. The van der Waals surface area contributed by atoms with E-state index in [0.29, 0.717) is 12.1 Å². The van der Waals surface area contributed by atoms with Crippen molar-refractivity contribution in [3.05, 3.63) is 18.2 Å². The van der Waals surface area contributed by atoms with E-state index in [1.54, 1.807) is 0 Å². The monoisotopic (exact) mass is 297 g/mol. The van der Waals surface area contributed by atoms with Crippen molar-refractivity contribution < 1.29 is 0 Å². The average Bonchev–Trinajstić information content (AvgIpc) is 2.88. The number of nitrogens with one attached hydrogen (secondary N) is 1. The van der Waals surface area contributed by atoms with Crippen LogP contribution in [0.15, 0.2) is 12.5 Å². The molecule has 0 bridgehead atoms. The second kappa shape index (κ2) is 6.55. The van der Waals surface area contributed by atoms with Crippen LogP contribution in [0.1, 0.15) is 37.9 Å². The second-order valence-corrected chi connectivity index (χ2v) is 8.15. The van der Waals surface area contributed by atoms with Crippen LogP contribution in [0.25, 0.3) is 0 Å². The van der Waals surface area contributed by atoms with E-state index in [9.17, 15) is 0 Å². The van der Waals surface area contributed by atoms with Crippen molar-refractivity contribution in [3.8, 4) is 0 Å². The topological polar surface area (TPSA) is 29.9 Å². The Morgan fingerprint density at radius 1 is 1.42 bits per heavy atom. The van der Waals surface area contributed by atoms with Crippen LogP contribution in [-0.2, 0) is 6.54 Å². The highest BCUT2D eigenvalue weighted by Crippen LogP contribution is 2.28. The first-order valence-corrected chi connectivity index (χ1v) is 9.48. The first-order chi connectivity index (χ1) is 9.33. The molecular weight excluding hydrogens is 274 g/mol. The molecule has 2 fully saturated rings. The Morgan fingerprint density at radius 3 is 3.16 bits per heavy atom. The van der Waals surface area contributed by atoms with Crippen molar-refractivity contribution in [1.29, 1.82) is 0 Å². The van der Waals surface area contributed by atoms with E-state index in [1.165, 1.54) is 42.2 Å². The molecule has 3 nitrogen and oxygen atoms in total. The van der Waals surface area contributed by atoms with E-state index in [2.05, 4.69) is 51.5 Å². The number of thioether (sulfide) groups is 2. The normalized spacial score (nSPS) is 32.4. The second-order valence-electron chi connectivity index (χ2n) is 5.59. The Labute approximate surface area is 124 Å². The number of aromatic nitrogens is 2. The Morgan fingerprint density at radius 2 is 2.37 bits per heavy atom. The van der Waals surface area contributed by atoms with Gasteiger partial charge in [-0.15, -0.1) is 0 Å². The van der Waals surface area contributed by atoms with Gasteiger partial charge in [0.15, 0.2) is 0 Å². The minimum Gasteiger partial charge on any atom is -0.332 e. The van der Waals surface area contributed by atoms with Crippen LogP contribution in [0.5, 0.6) is 0 Å². The van der Waals surface area contributed by atoms with Gasteiger partial charge >= 0.3 is 0 Å². The minimum atomic E-state index is 0.507. The van der Waals surface area contributed by atoms with Crippen LogP contribution in [0, 0.1) is 0 Å². The van der Waals surface area contributed by atoms with E-state index in [0.717, 1.165) is 11.8 Å². The molecule has 0 aliphatic carbocycles. The van der Waals surface area contributed by atoms with Crippen LogP contribution in [0.3, 0.4) is 0 Å². The lowest BCUT2D eigenvalue weighted by Gasteiger charge is -2.30. The summed E-state index contributed by atoms with van der Waals surface area (Å²) in [5.41, 5.74) is 1.39. The van der Waals surface area contributed by atoms with Gasteiger partial charge in [-0.2, -0.15) is 23.5 Å². The van der Waals surface area contributed by atoms with Crippen molar-refractivity contribution >= 4 is 23.5 Å². The summed E-state index contributed by atoms with van der Waals surface area (Å²) in [4.78, 5) is 4.39. The smallest absolute Gasteiger partial charge is 0.0949 e. The zero-order valence-corrected chi connectivity index (χ0v) is 13.2. The summed E-state index contributed by atoms with van der Waals surface area (Å²) < 4.78 is 2.39. The molecule has 2 aliphatic rings. The maximum absolute atomic E-state index is 4.39. The molecule has 3 atom stereocenters. The zero-order valence-electron chi connectivity index (χ0n) is 11.5. The van der Waals surface area contributed by atoms with Gasteiger partial charge < -0.3 is 9.88 Å². The maximum atomic E-state index is 4.39. The van der Waals surface area contributed by atoms with Crippen LogP contribution in [0.4, 0.5) is 0 Å². The van der Waals surface area contributed by atoms with Crippen LogP contribution in [-0.4, -0.2) is 38.1 Å². The van der Waals surface area contributed by atoms with Crippen molar-refractivity contribution in [1.82, 2.24) is 14.9 Å². The van der Waals surface area contributed by atoms with Gasteiger partial charge in [-0.1, -0.05) is 0 Å². The molecular formula is C14H23N3S2. The number of hydrogen-bond donors (Lipinski definition) is 1. The molecule has 19 heavy (non-hydrogen) atoms. The van der Waals surface area contributed by atoms with Gasteiger partial charge in [-0.3, -0.25) is 0 Å². The number of nitrogens with zero attached hydrogens (tertiary/aromatic N) is 2. The summed E-state index contributed by atoms with van der Waals surface area (Å²) >= 11 is 4.22. The molecule has 3 unspecified atom stereocenters. The van der Waals surface area contributed by atoms with Gasteiger partial charge in [0, 0.05) is 47.3 Å². The van der Waals surface area contributed by atoms with E-state index in [4.69, 9.17) is 0 Å². The SMILES string of the molecule is CC1CCCC(c2cncn2CC2CSCCS2)N1. The predicted molar refractivity (Wildman–Crippen MR) is 85.0 cm³/mol. The third kappa shape index (κ3) is 3.50. The third-order valence-electron chi connectivity index (χ3n) is 4.00. The summed E-state index contributed by atoms with van der Waals surface area (Å²) in [5.74, 6) is 3.91. The summed E-state index contributed by atoms with van der Waals surface area (Å²) in [6.45, 7) is 3.42. The van der Waals surface area contributed by atoms with Gasteiger partial charge in [0.05, 0.1) is 12.0 Å². The minimum absolute atomic E-state index is 0.507. The molecule has 1 aromatic rings. The summed E-state index contributed by atoms with van der Waals surface area (Å²) in [5, 5.41) is 4.48. The molecule has 1 N–H and O–H groups in total. The lowest BCUT2D eigenvalue weighted by molar-refractivity contribution is 0.329. The molecule has 3 heterocycles. The molecule has 106 valence electrons. The van der Waals surface area contributed by atoms with Crippen molar-refractivity contribution in [3.63, 3.8) is 0 Å². The summed E-state index contributed by atoms with van der Waals surface area (Å²) in [6, 6.07) is 1.15. The largest absolute Gasteiger partial charge is 0.332 e. The van der Waals surface area contributed by atoms with Gasteiger partial charge in [0.25, 0.3) is 0 Å². The van der Waals surface area contributed by atoms with E-state index >= 15 is 0 Å². The Balaban J connectivity index is 1.67. The standard InChI is InChI=1S/C14H23N3S2/c1-11-3-2-4-13(16-11)14-7-15-10-17(14)8-12-9-18-5-6-19-12/h7,10-13,16H,2-6,8-9H2,1H3. The van der Waals surface area contributed by atoms with Crippen LogP contribution >= 0.6 is 23.5 Å². The highest BCUT2D eigenvalue weighted by atomic mass is 32.2. The number of hydrogen-bond acceptors (Lipinski definition) is 4. The molecule has 0 spiro atoms. The molecule has 0 radical (unpaired) electrons.